The van der Waals surface area contributed by atoms with Gasteiger partial charge in [0, 0.05) is 12.1 Å². The lowest BCUT2D eigenvalue weighted by Crippen LogP contribution is -2.44. The number of fused-ring (bicyclic) bond motifs is 1. The normalized spacial score (nSPS) is 39.5. The number of hydrogen-bond donors (Lipinski definition) is 1. The van der Waals surface area contributed by atoms with Crippen molar-refractivity contribution in [3.8, 4) is 0 Å². The Kier molecular flexibility index (Phi) is 4.28. The molecular weight excluding hydrogens is 218 g/mol. The number of nitrogens with one attached hydrogen (secondary N) is 1. The minimum Gasteiger partial charge on any atom is -0.311 e. The molecule has 0 spiro atoms. The van der Waals surface area contributed by atoms with Crippen molar-refractivity contribution in [1.29, 1.82) is 0 Å². The zero-order valence-electron chi connectivity index (χ0n) is 12.2. The van der Waals surface area contributed by atoms with Gasteiger partial charge in [-0.3, -0.25) is 0 Å². The first-order valence-corrected chi connectivity index (χ1v) is 8.59. The molecule has 1 heteroatoms. The number of rotatable bonds is 3. The first-order valence-electron chi connectivity index (χ1n) is 8.59. The van der Waals surface area contributed by atoms with E-state index < -0.39 is 0 Å². The third-order valence-electron chi connectivity index (χ3n) is 6.15. The molecule has 0 aromatic rings. The lowest BCUT2D eigenvalue weighted by atomic mass is 9.69. The largest absolute Gasteiger partial charge is 0.311 e. The average molecular weight is 249 g/mol. The fourth-order valence-corrected chi connectivity index (χ4v) is 4.99. The van der Waals surface area contributed by atoms with Gasteiger partial charge in [-0.25, -0.2) is 0 Å². The van der Waals surface area contributed by atoms with Crippen molar-refractivity contribution in [3.63, 3.8) is 0 Å². The zero-order valence-corrected chi connectivity index (χ0v) is 12.2. The Hall–Kier alpha value is -0.0400. The van der Waals surface area contributed by atoms with Crippen molar-refractivity contribution in [1.82, 2.24) is 5.32 Å². The van der Waals surface area contributed by atoms with Crippen LogP contribution < -0.4 is 5.32 Å². The van der Waals surface area contributed by atoms with Crippen LogP contribution in [0.15, 0.2) is 0 Å². The molecule has 0 heterocycles. The molecule has 1 nitrogen and oxygen atoms in total. The first-order chi connectivity index (χ1) is 8.83. The van der Waals surface area contributed by atoms with Crippen LogP contribution in [0.4, 0.5) is 0 Å². The predicted octanol–water partition coefficient (Wildman–Crippen LogP) is 4.51. The molecule has 3 saturated carbocycles. The van der Waals surface area contributed by atoms with E-state index in [1.165, 1.54) is 70.6 Å². The van der Waals surface area contributed by atoms with Crippen LogP contribution in [-0.4, -0.2) is 12.1 Å². The van der Waals surface area contributed by atoms with E-state index in [1.807, 2.05) is 0 Å². The third kappa shape index (κ3) is 2.92. The summed E-state index contributed by atoms with van der Waals surface area (Å²) in [6.45, 7) is 2.45. The molecule has 1 N–H and O–H groups in total. The molecule has 0 aliphatic heterocycles. The summed E-state index contributed by atoms with van der Waals surface area (Å²) in [5.41, 5.74) is 0. The highest BCUT2D eigenvalue weighted by molar-refractivity contribution is 4.88. The summed E-state index contributed by atoms with van der Waals surface area (Å²) in [5.74, 6) is 3.15. The average Bonchev–Trinajstić information content (AvgIpc) is 2.92. The number of hydrogen-bond acceptors (Lipinski definition) is 1. The second-order valence-corrected chi connectivity index (χ2v) is 7.31. The first kappa shape index (κ1) is 13.0. The van der Waals surface area contributed by atoms with Gasteiger partial charge < -0.3 is 5.32 Å². The van der Waals surface area contributed by atoms with Gasteiger partial charge in [0.05, 0.1) is 0 Å². The molecule has 3 aliphatic carbocycles. The summed E-state index contributed by atoms with van der Waals surface area (Å²) in [6, 6.07) is 1.62. The quantitative estimate of drug-likeness (QED) is 0.776. The van der Waals surface area contributed by atoms with Crippen LogP contribution in [0, 0.1) is 17.8 Å². The minimum atomic E-state index is 0.776. The summed E-state index contributed by atoms with van der Waals surface area (Å²) >= 11 is 0. The molecule has 0 amide bonds. The SMILES string of the molecule is CC(NC1CCC2CCCCC2C1)C1CCCC1. The Balaban J connectivity index is 1.48. The van der Waals surface area contributed by atoms with Gasteiger partial charge >= 0.3 is 0 Å². The lowest BCUT2D eigenvalue weighted by Gasteiger charge is -2.41. The molecule has 104 valence electrons. The van der Waals surface area contributed by atoms with Crippen LogP contribution in [0.1, 0.15) is 77.6 Å². The predicted molar refractivity (Wildman–Crippen MR) is 77.6 cm³/mol. The molecular formula is C17H31N. The van der Waals surface area contributed by atoms with Crippen LogP contribution in [0.2, 0.25) is 0 Å². The molecule has 0 radical (unpaired) electrons. The van der Waals surface area contributed by atoms with Gasteiger partial charge in [-0.1, -0.05) is 38.5 Å². The minimum absolute atomic E-state index is 0.776. The fourth-order valence-electron chi connectivity index (χ4n) is 4.99. The van der Waals surface area contributed by atoms with Crippen LogP contribution in [-0.2, 0) is 0 Å². The highest BCUT2D eigenvalue weighted by atomic mass is 15.0. The van der Waals surface area contributed by atoms with Crippen LogP contribution in [0.5, 0.6) is 0 Å². The second-order valence-electron chi connectivity index (χ2n) is 7.31. The molecule has 4 atom stereocenters. The summed E-state index contributed by atoms with van der Waals surface area (Å²) < 4.78 is 0. The van der Waals surface area contributed by atoms with Gasteiger partial charge in [-0.15, -0.1) is 0 Å². The molecule has 0 saturated heterocycles. The Morgan fingerprint density at radius 2 is 1.44 bits per heavy atom. The van der Waals surface area contributed by atoms with E-state index in [1.54, 1.807) is 0 Å². The van der Waals surface area contributed by atoms with Crippen molar-refractivity contribution in [2.75, 3.05) is 0 Å². The topological polar surface area (TPSA) is 12.0 Å². The maximum Gasteiger partial charge on any atom is 0.00724 e. The van der Waals surface area contributed by atoms with E-state index >= 15 is 0 Å². The van der Waals surface area contributed by atoms with Gasteiger partial charge in [0.15, 0.2) is 0 Å². The van der Waals surface area contributed by atoms with Gasteiger partial charge in [0.2, 0.25) is 0 Å². The summed E-state index contributed by atoms with van der Waals surface area (Å²) in [4.78, 5) is 0. The van der Waals surface area contributed by atoms with Crippen LogP contribution >= 0.6 is 0 Å². The van der Waals surface area contributed by atoms with Crippen molar-refractivity contribution < 1.29 is 0 Å². The summed E-state index contributed by atoms with van der Waals surface area (Å²) in [6.07, 6.45) is 16.5. The van der Waals surface area contributed by atoms with Crippen LogP contribution in [0.3, 0.4) is 0 Å². The van der Waals surface area contributed by atoms with E-state index in [4.69, 9.17) is 0 Å². The van der Waals surface area contributed by atoms with Gasteiger partial charge in [-0.05, 0) is 56.8 Å². The van der Waals surface area contributed by atoms with Gasteiger partial charge in [0.1, 0.15) is 0 Å². The maximum atomic E-state index is 3.99. The molecule has 0 aromatic carbocycles. The molecule has 3 fully saturated rings. The molecule has 3 aliphatic rings. The molecule has 0 bridgehead atoms. The molecule has 0 aromatic heterocycles. The molecule has 3 rings (SSSR count). The molecule has 18 heavy (non-hydrogen) atoms. The Morgan fingerprint density at radius 3 is 2.22 bits per heavy atom. The highest BCUT2D eigenvalue weighted by Crippen LogP contribution is 2.40. The van der Waals surface area contributed by atoms with Crippen molar-refractivity contribution in [2.45, 2.75) is 89.6 Å². The standard InChI is InChI=1S/C17H31N/c1-13(14-6-2-3-7-14)18-17-11-10-15-8-4-5-9-16(15)12-17/h13-18H,2-12H2,1H3. The second kappa shape index (κ2) is 5.94. The van der Waals surface area contributed by atoms with E-state index in [0.717, 1.165) is 29.8 Å². The van der Waals surface area contributed by atoms with E-state index in [0.29, 0.717) is 0 Å². The fraction of sp³-hybridized carbons (Fsp3) is 1.00. The summed E-state index contributed by atoms with van der Waals surface area (Å²) in [5, 5.41) is 3.99. The monoisotopic (exact) mass is 249 g/mol. The van der Waals surface area contributed by atoms with Crippen molar-refractivity contribution in [3.05, 3.63) is 0 Å². The van der Waals surface area contributed by atoms with E-state index in [2.05, 4.69) is 12.2 Å². The van der Waals surface area contributed by atoms with Crippen molar-refractivity contribution in [2.24, 2.45) is 17.8 Å². The summed E-state index contributed by atoms with van der Waals surface area (Å²) in [7, 11) is 0. The lowest BCUT2D eigenvalue weighted by molar-refractivity contribution is 0.134. The Labute approximate surface area is 113 Å². The van der Waals surface area contributed by atoms with Crippen LogP contribution in [0.25, 0.3) is 0 Å². The van der Waals surface area contributed by atoms with E-state index in [9.17, 15) is 0 Å². The Morgan fingerprint density at radius 1 is 0.778 bits per heavy atom. The highest BCUT2D eigenvalue weighted by Gasteiger charge is 2.33. The van der Waals surface area contributed by atoms with Gasteiger partial charge in [-0.2, -0.15) is 0 Å². The third-order valence-corrected chi connectivity index (χ3v) is 6.15. The van der Waals surface area contributed by atoms with Crippen molar-refractivity contribution >= 4 is 0 Å². The van der Waals surface area contributed by atoms with Gasteiger partial charge in [0.25, 0.3) is 0 Å². The van der Waals surface area contributed by atoms with E-state index in [-0.39, 0.29) is 0 Å². The zero-order chi connectivity index (χ0) is 12.4. The Bertz CT molecular complexity index is 256. The molecule has 4 unspecified atom stereocenters. The maximum absolute atomic E-state index is 3.99. The smallest absolute Gasteiger partial charge is 0.00724 e.